The van der Waals surface area contributed by atoms with E-state index in [9.17, 15) is 4.79 Å². The van der Waals surface area contributed by atoms with Gasteiger partial charge >= 0.3 is 0 Å². The number of imidazole rings is 1. The van der Waals surface area contributed by atoms with Crippen molar-refractivity contribution in [2.24, 2.45) is 5.92 Å². The van der Waals surface area contributed by atoms with Crippen LogP contribution in [0.2, 0.25) is 5.28 Å². The Balaban J connectivity index is 1.19. The minimum atomic E-state index is -0.00349. The molecule has 0 saturated carbocycles. The zero-order valence-corrected chi connectivity index (χ0v) is 18.0. The van der Waals surface area contributed by atoms with Crippen LogP contribution in [-0.4, -0.2) is 50.0 Å². The number of carbonyl (C=O) groups is 1. The second-order valence-electron chi connectivity index (χ2n) is 8.15. The highest BCUT2D eigenvalue weighted by atomic mass is 35.5. The molecule has 1 aliphatic rings. The molecule has 0 radical (unpaired) electrons. The smallest absolute Gasteiger partial charge is 0.226 e. The van der Waals surface area contributed by atoms with Crippen molar-refractivity contribution < 1.29 is 4.79 Å². The fourth-order valence-electron chi connectivity index (χ4n) is 4.42. The molecular weight excluding hydrogens is 414 g/mol. The van der Waals surface area contributed by atoms with Crippen LogP contribution in [0.15, 0.2) is 36.8 Å². The van der Waals surface area contributed by atoms with E-state index in [4.69, 9.17) is 11.6 Å². The lowest BCUT2D eigenvalue weighted by atomic mass is 9.95. The maximum atomic E-state index is 12.9. The number of carbonyl (C=O) groups excluding carboxylic acids is 1. The SMILES string of the molecule is C[C@@H](Cc1c[nH]c2ccccc12)NC(=O)C1CCN(c2nc(Cl)nc3nc[nH]c23)CC1. The first-order valence-corrected chi connectivity index (χ1v) is 10.9. The summed E-state index contributed by atoms with van der Waals surface area (Å²) in [6, 6.07) is 8.31. The van der Waals surface area contributed by atoms with Gasteiger partial charge in [-0.3, -0.25) is 4.79 Å². The Labute approximate surface area is 184 Å². The van der Waals surface area contributed by atoms with Gasteiger partial charge in [0.15, 0.2) is 11.5 Å². The number of hydrogen-bond donors (Lipinski definition) is 3. The highest BCUT2D eigenvalue weighted by molar-refractivity contribution is 6.28. The standard InChI is InChI=1S/C22H24ClN7O/c1-13(10-15-11-24-17-5-3-2-4-16(15)17)27-21(31)14-6-8-30(9-7-14)20-18-19(26-12-25-18)28-22(23)29-20/h2-5,11-14,24H,6-10H2,1H3,(H,27,31)(H,25,26,28,29)/t13-/m0/s1. The maximum absolute atomic E-state index is 12.9. The van der Waals surface area contributed by atoms with E-state index >= 15 is 0 Å². The molecule has 31 heavy (non-hydrogen) atoms. The summed E-state index contributed by atoms with van der Waals surface area (Å²) in [5.41, 5.74) is 3.68. The summed E-state index contributed by atoms with van der Waals surface area (Å²) in [6.07, 6.45) is 5.96. The molecule has 1 aromatic carbocycles. The molecular formula is C22H24ClN7O. The van der Waals surface area contributed by atoms with Crippen LogP contribution < -0.4 is 10.2 Å². The van der Waals surface area contributed by atoms with E-state index in [1.54, 1.807) is 6.33 Å². The molecule has 0 unspecified atom stereocenters. The fourth-order valence-corrected chi connectivity index (χ4v) is 4.58. The molecule has 1 aliphatic heterocycles. The number of para-hydroxylation sites is 1. The molecule has 0 spiro atoms. The van der Waals surface area contributed by atoms with Crippen molar-refractivity contribution in [3.05, 3.63) is 47.6 Å². The second-order valence-corrected chi connectivity index (χ2v) is 8.49. The lowest BCUT2D eigenvalue weighted by molar-refractivity contribution is -0.126. The minimum absolute atomic E-state index is 0.00349. The monoisotopic (exact) mass is 437 g/mol. The Morgan fingerprint density at radius 1 is 1.26 bits per heavy atom. The number of rotatable bonds is 5. The van der Waals surface area contributed by atoms with Crippen LogP contribution in [-0.2, 0) is 11.2 Å². The predicted molar refractivity (Wildman–Crippen MR) is 121 cm³/mol. The van der Waals surface area contributed by atoms with Crippen molar-refractivity contribution in [1.82, 2.24) is 30.2 Å². The number of hydrogen-bond acceptors (Lipinski definition) is 5. The Kier molecular flexibility index (Phi) is 5.23. The van der Waals surface area contributed by atoms with Crippen molar-refractivity contribution in [3.8, 4) is 0 Å². The van der Waals surface area contributed by atoms with Crippen LogP contribution >= 0.6 is 11.6 Å². The third-order valence-electron chi connectivity index (χ3n) is 5.99. The van der Waals surface area contributed by atoms with Crippen molar-refractivity contribution >= 4 is 45.4 Å². The summed E-state index contributed by atoms with van der Waals surface area (Å²) in [5, 5.41) is 4.60. The Bertz CT molecular complexity index is 1230. The highest BCUT2D eigenvalue weighted by Gasteiger charge is 2.28. The molecule has 1 amide bonds. The normalized spacial score (nSPS) is 16.1. The summed E-state index contributed by atoms with van der Waals surface area (Å²) in [4.78, 5) is 34.1. The molecule has 8 nitrogen and oxygen atoms in total. The zero-order valence-electron chi connectivity index (χ0n) is 17.2. The lowest BCUT2D eigenvalue weighted by Crippen LogP contribution is -2.44. The lowest BCUT2D eigenvalue weighted by Gasteiger charge is -2.32. The van der Waals surface area contributed by atoms with Crippen molar-refractivity contribution in [2.45, 2.75) is 32.2 Å². The third-order valence-corrected chi connectivity index (χ3v) is 6.16. The summed E-state index contributed by atoms with van der Waals surface area (Å²) < 4.78 is 0. The summed E-state index contributed by atoms with van der Waals surface area (Å²) in [5.74, 6) is 0.870. The molecule has 3 aromatic heterocycles. The van der Waals surface area contributed by atoms with Crippen LogP contribution in [0.1, 0.15) is 25.3 Å². The second kappa shape index (κ2) is 8.19. The van der Waals surface area contributed by atoms with Gasteiger partial charge in [0.2, 0.25) is 11.2 Å². The van der Waals surface area contributed by atoms with Gasteiger partial charge in [-0.2, -0.15) is 9.97 Å². The number of anilines is 1. The van der Waals surface area contributed by atoms with Gasteiger partial charge in [0.1, 0.15) is 5.52 Å². The number of nitrogens with zero attached hydrogens (tertiary/aromatic N) is 4. The van der Waals surface area contributed by atoms with Gasteiger partial charge in [-0.05, 0) is 49.4 Å². The number of piperidine rings is 1. The van der Waals surface area contributed by atoms with Crippen LogP contribution in [0.25, 0.3) is 22.1 Å². The number of benzene rings is 1. The number of aromatic amines is 2. The van der Waals surface area contributed by atoms with Crippen molar-refractivity contribution in [3.63, 3.8) is 0 Å². The van der Waals surface area contributed by atoms with E-state index in [0.717, 1.165) is 49.2 Å². The molecule has 4 heterocycles. The Morgan fingerprint density at radius 2 is 2.06 bits per heavy atom. The first-order chi connectivity index (χ1) is 15.1. The maximum Gasteiger partial charge on any atom is 0.226 e. The average Bonchev–Trinajstić information content (AvgIpc) is 3.40. The predicted octanol–water partition coefficient (Wildman–Crippen LogP) is 3.45. The zero-order chi connectivity index (χ0) is 21.4. The van der Waals surface area contributed by atoms with Gasteiger partial charge in [0, 0.05) is 42.1 Å². The first kappa shape index (κ1) is 19.8. The molecule has 0 bridgehead atoms. The number of amides is 1. The van der Waals surface area contributed by atoms with E-state index in [1.165, 1.54) is 10.9 Å². The largest absolute Gasteiger partial charge is 0.361 e. The highest BCUT2D eigenvalue weighted by Crippen LogP contribution is 2.27. The van der Waals surface area contributed by atoms with Crippen molar-refractivity contribution in [2.75, 3.05) is 18.0 Å². The number of fused-ring (bicyclic) bond motifs is 2. The van der Waals surface area contributed by atoms with Gasteiger partial charge in [-0.15, -0.1) is 0 Å². The van der Waals surface area contributed by atoms with Crippen LogP contribution in [0.3, 0.4) is 0 Å². The quantitative estimate of drug-likeness (QED) is 0.415. The molecule has 9 heteroatoms. The topological polar surface area (TPSA) is 103 Å². The van der Waals surface area contributed by atoms with E-state index in [-0.39, 0.29) is 23.2 Å². The summed E-state index contributed by atoms with van der Waals surface area (Å²) in [7, 11) is 0. The average molecular weight is 438 g/mol. The number of aromatic nitrogens is 5. The fraction of sp³-hybridized carbons (Fsp3) is 0.364. The third kappa shape index (κ3) is 3.95. The van der Waals surface area contributed by atoms with E-state index in [1.807, 2.05) is 18.3 Å². The van der Waals surface area contributed by atoms with Crippen molar-refractivity contribution in [1.29, 1.82) is 0 Å². The molecule has 1 saturated heterocycles. The summed E-state index contributed by atoms with van der Waals surface area (Å²) >= 11 is 6.06. The molecule has 4 aromatic rings. The van der Waals surface area contributed by atoms with Gasteiger partial charge in [-0.1, -0.05) is 18.2 Å². The number of H-pyrrole nitrogens is 2. The number of halogens is 1. The minimum Gasteiger partial charge on any atom is -0.361 e. The molecule has 1 fully saturated rings. The molecule has 0 aliphatic carbocycles. The van der Waals surface area contributed by atoms with E-state index in [2.05, 4.69) is 54.2 Å². The van der Waals surface area contributed by atoms with Crippen LogP contribution in [0.4, 0.5) is 5.82 Å². The first-order valence-electron chi connectivity index (χ1n) is 10.6. The molecule has 1 atom stereocenters. The van der Waals surface area contributed by atoms with Crippen LogP contribution in [0, 0.1) is 5.92 Å². The van der Waals surface area contributed by atoms with Gasteiger partial charge < -0.3 is 20.2 Å². The number of nitrogens with one attached hydrogen (secondary N) is 3. The summed E-state index contributed by atoms with van der Waals surface area (Å²) in [6.45, 7) is 3.53. The Morgan fingerprint density at radius 3 is 2.90 bits per heavy atom. The van der Waals surface area contributed by atoms with E-state index < -0.39 is 0 Å². The molecule has 5 rings (SSSR count). The molecule has 160 valence electrons. The van der Waals surface area contributed by atoms with Gasteiger partial charge in [0.05, 0.1) is 6.33 Å². The Hall–Kier alpha value is -3.13. The molecule has 3 N–H and O–H groups in total. The van der Waals surface area contributed by atoms with E-state index in [0.29, 0.717) is 5.65 Å². The van der Waals surface area contributed by atoms with Crippen LogP contribution in [0.5, 0.6) is 0 Å². The van der Waals surface area contributed by atoms with Gasteiger partial charge in [0.25, 0.3) is 0 Å². The van der Waals surface area contributed by atoms with Gasteiger partial charge in [-0.25, -0.2) is 4.98 Å².